The Morgan fingerprint density at radius 2 is 1.96 bits per heavy atom. The van der Waals surface area contributed by atoms with Gasteiger partial charge in [-0.15, -0.1) is 5.10 Å². The van der Waals surface area contributed by atoms with Crippen LogP contribution in [0.2, 0.25) is 0 Å². The van der Waals surface area contributed by atoms with Crippen molar-refractivity contribution in [2.45, 2.75) is 60.4 Å². The summed E-state index contributed by atoms with van der Waals surface area (Å²) in [5.41, 5.74) is 5.73. The van der Waals surface area contributed by atoms with Gasteiger partial charge in [0.1, 0.15) is 0 Å². The molecule has 0 unspecified atom stereocenters. The van der Waals surface area contributed by atoms with Crippen LogP contribution in [0.15, 0.2) is 35.6 Å². The highest BCUT2D eigenvalue weighted by molar-refractivity contribution is 5.83. The maximum Gasteiger partial charge on any atom is 0.241 e. The van der Waals surface area contributed by atoms with Gasteiger partial charge in [-0.3, -0.25) is 9.98 Å². The second-order valence-electron chi connectivity index (χ2n) is 7.27. The number of hydrogen-bond acceptors (Lipinski definition) is 5. The molecule has 0 saturated heterocycles. The number of anilines is 1. The number of aromatic nitrogens is 4. The number of nitrogens with one attached hydrogen (secondary N) is 1. The predicted molar refractivity (Wildman–Crippen MR) is 117 cm³/mol. The van der Waals surface area contributed by atoms with Crippen molar-refractivity contribution in [2.75, 3.05) is 5.32 Å². The highest BCUT2D eigenvalue weighted by atomic mass is 15.3. The van der Waals surface area contributed by atoms with Crippen LogP contribution in [-0.4, -0.2) is 31.3 Å². The number of rotatable bonds is 5. The molecular formula is C22H30N6. The van der Waals surface area contributed by atoms with Gasteiger partial charge in [-0.05, 0) is 64.7 Å². The van der Waals surface area contributed by atoms with E-state index in [2.05, 4.69) is 27.3 Å². The number of fused-ring (bicyclic) bond motifs is 1. The largest absolute Gasteiger partial charge is 0.350 e. The van der Waals surface area contributed by atoms with Gasteiger partial charge >= 0.3 is 0 Å². The van der Waals surface area contributed by atoms with Crippen LogP contribution in [0, 0.1) is 12.8 Å². The van der Waals surface area contributed by atoms with Gasteiger partial charge in [0.25, 0.3) is 0 Å². The van der Waals surface area contributed by atoms with E-state index in [9.17, 15) is 0 Å². The van der Waals surface area contributed by atoms with Crippen LogP contribution < -0.4 is 5.32 Å². The van der Waals surface area contributed by atoms with E-state index in [1.54, 1.807) is 0 Å². The van der Waals surface area contributed by atoms with Crippen LogP contribution in [0.1, 0.15) is 53.2 Å². The quantitative estimate of drug-likeness (QED) is 0.600. The molecule has 1 atom stereocenters. The summed E-state index contributed by atoms with van der Waals surface area (Å²) >= 11 is 0. The molecule has 0 amide bonds. The lowest BCUT2D eigenvalue weighted by Gasteiger charge is -2.12. The average Bonchev–Trinajstić information content (AvgIpc) is 3.45. The third kappa shape index (κ3) is 4.38. The first kappa shape index (κ1) is 20.0. The lowest BCUT2D eigenvalue weighted by atomic mass is 10.1. The molecule has 4 rings (SSSR count). The summed E-state index contributed by atoms with van der Waals surface area (Å²) in [4.78, 5) is 13.7. The molecule has 3 heterocycles. The van der Waals surface area contributed by atoms with Gasteiger partial charge in [-0.25, -0.2) is 9.50 Å². The van der Waals surface area contributed by atoms with E-state index in [0.29, 0.717) is 12.0 Å². The fourth-order valence-corrected chi connectivity index (χ4v) is 3.16. The minimum Gasteiger partial charge on any atom is -0.350 e. The van der Waals surface area contributed by atoms with E-state index in [-0.39, 0.29) is 0 Å². The van der Waals surface area contributed by atoms with Gasteiger partial charge in [0.05, 0.1) is 28.8 Å². The molecule has 148 valence electrons. The maximum atomic E-state index is 4.73. The van der Waals surface area contributed by atoms with Gasteiger partial charge in [0.2, 0.25) is 5.95 Å². The molecule has 1 fully saturated rings. The lowest BCUT2D eigenvalue weighted by molar-refractivity contribution is 0.681. The summed E-state index contributed by atoms with van der Waals surface area (Å²) in [6.45, 7) is 12.2. The summed E-state index contributed by atoms with van der Waals surface area (Å²) in [6, 6.07) is 6.48. The summed E-state index contributed by atoms with van der Waals surface area (Å²) < 4.78 is 1.86. The molecule has 1 N–H and O–H groups in total. The molecule has 1 aliphatic rings. The zero-order valence-corrected chi connectivity index (χ0v) is 17.7. The van der Waals surface area contributed by atoms with Crippen molar-refractivity contribution in [3.63, 3.8) is 0 Å². The number of hydrogen-bond donors (Lipinski definition) is 1. The van der Waals surface area contributed by atoms with Crippen molar-refractivity contribution in [3.05, 3.63) is 36.3 Å². The van der Waals surface area contributed by atoms with E-state index in [4.69, 9.17) is 4.98 Å². The first-order valence-electron chi connectivity index (χ1n) is 10.1. The molecule has 0 aliphatic heterocycles. The second kappa shape index (κ2) is 8.50. The molecule has 0 aromatic carbocycles. The Hall–Kier alpha value is -2.76. The Labute approximate surface area is 167 Å². The summed E-state index contributed by atoms with van der Waals surface area (Å²) in [5.74, 6) is 1.43. The summed E-state index contributed by atoms with van der Waals surface area (Å²) in [6.07, 6.45) is 6.42. The highest BCUT2D eigenvalue weighted by Gasteiger charge is 2.28. The Balaban J connectivity index is 0.00000109. The Morgan fingerprint density at radius 1 is 1.21 bits per heavy atom. The smallest absolute Gasteiger partial charge is 0.241 e. The Kier molecular flexibility index (Phi) is 6.07. The molecule has 3 aromatic heterocycles. The maximum absolute atomic E-state index is 4.73. The van der Waals surface area contributed by atoms with Crippen molar-refractivity contribution in [2.24, 2.45) is 10.9 Å². The van der Waals surface area contributed by atoms with Gasteiger partial charge in [-0.2, -0.15) is 0 Å². The van der Waals surface area contributed by atoms with Gasteiger partial charge < -0.3 is 5.32 Å². The molecule has 0 radical (unpaired) electrons. The normalized spacial score (nSPS) is 14.2. The SMILES string of the molecule is CC.CC(C)=Nc1ccc(-c2ccn3nc(N[C@H](C)C4CC4)ncc23)nc1C. The first-order chi connectivity index (χ1) is 13.5. The van der Waals surface area contributed by atoms with Crippen LogP contribution in [0.25, 0.3) is 16.8 Å². The molecular weight excluding hydrogens is 348 g/mol. The molecule has 1 saturated carbocycles. The number of nitrogens with zero attached hydrogens (tertiary/aromatic N) is 5. The van der Waals surface area contributed by atoms with Crippen molar-refractivity contribution in [3.8, 4) is 11.3 Å². The van der Waals surface area contributed by atoms with E-state index >= 15 is 0 Å². The minimum absolute atomic E-state index is 0.418. The van der Waals surface area contributed by atoms with Crippen LogP contribution in [0.3, 0.4) is 0 Å². The zero-order chi connectivity index (χ0) is 20.3. The zero-order valence-electron chi connectivity index (χ0n) is 17.7. The van der Waals surface area contributed by atoms with Crippen molar-refractivity contribution < 1.29 is 0 Å². The standard InChI is InChI=1S/C20H24N6.C2H6/c1-12(2)22-17-7-8-18(23-14(17)4)16-9-10-26-19(16)11-21-20(25-26)24-13(3)15-5-6-15;1-2/h7-11,13,15H,5-6H2,1-4H3,(H,24,25);1-2H3/t13-;/m1./s1. The van der Waals surface area contributed by atoms with Gasteiger partial charge in [-0.1, -0.05) is 13.8 Å². The van der Waals surface area contributed by atoms with Crippen LogP contribution >= 0.6 is 0 Å². The van der Waals surface area contributed by atoms with E-state index in [0.717, 1.165) is 39.8 Å². The molecule has 6 heteroatoms. The lowest BCUT2D eigenvalue weighted by Crippen LogP contribution is -2.19. The third-order valence-electron chi connectivity index (χ3n) is 4.78. The minimum atomic E-state index is 0.418. The van der Waals surface area contributed by atoms with E-state index < -0.39 is 0 Å². The number of aliphatic imine (C=N–C) groups is 1. The van der Waals surface area contributed by atoms with Crippen LogP contribution in [0.4, 0.5) is 11.6 Å². The van der Waals surface area contributed by atoms with Crippen LogP contribution in [-0.2, 0) is 0 Å². The highest BCUT2D eigenvalue weighted by Crippen LogP contribution is 2.33. The molecule has 6 nitrogen and oxygen atoms in total. The molecule has 1 aliphatic carbocycles. The molecule has 28 heavy (non-hydrogen) atoms. The average molecular weight is 379 g/mol. The number of pyridine rings is 1. The topological polar surface area (TPSA) is 67.5 Å². The Bertz CT molecular complexity index is 980. The summed E-state index contributed by atoms with van der Waals surface area (Å²) in [7, 11) is 0. The molecule has 3 aromatic rings. The third-order valence-corrected chi connectivity index (χ3v) is 4.78. The monoisotopic (exact) mass is 378 g/mol. The molecule has 0 spiro atoms. The fraction of sp³-hybridized carbons (Fsp3) is 0.455. The van der Waals surface area contributed by atoms with Crippen molar-refractivity contribution >= 4 is 22.9 Å². The summed E-state index contributed by atoms with van der Waals surface area (Å²) in [5, 5.41) is 8.00. The fourth-order valence-electron chi connectivity index (χ4n) is 3.16. The predicted octanol–water partition coefficient (Wildman–Crippen LogP) is 5.45. The van der Waals surface area contributed by atoms with Gasteiger partial charge in [0, 0.05) is 23.5 Å². The first-order valence-corrected chi connectivity index (χ1v) is 10.1. The van der Waals surface area contributed by atoms with E-state index in [1.807, 2.05) is 69.7 Å². The molecule has 0 bridgehead atoms. The van der Waals surface area contributed by atoms with Gasteiger partial charge in [0.15, 0.2) is 0 Å². The van der Waals surface area contributed by atoms with Crippen molar-refractivity contribution in [1.29, 1.82) is 0 Å². The van der Waals surface area contributed by atoms with E-state index in [1.165, 1.54) is 12.8 Å². The second-order valence-corrected chi connectivity index (χ2v) is 7.27. The number of aryl methyl sites for hydroxylation is 1. The Morgan fingerprint density at radius 3 is 2.61 bits per heavy atom. The van der Waals surface area contributed by atoms with Crippen molar-refractivity contribution in [1.82, 2.24) is 19.6 Å². The van der Waals surface area contributed by atoms with Crippen LogP contribution in [0.5, 0.6) is 0 Å².